The summed E-state index contributed by atoms with van der Waals surface area (Å²) in [5.41, 5.74) is 0.514. The summed E-state index contributed by atoms with van der Waals surface area (Å²) >= 11 is 2.11. The van der Waals surface area contributed by atoms with E-state index in [1.165, 1.54) is 0 Å². The van der Waals surface area contributed by atoms with Gasteiger partial charge in [-0.3, -0.25) is 0 Å². The Kier molecular flexibility index (Phi) is 6.40. The van der Waals surface area contributed by atoms with Gasteiger partial charge in [-0.05, 0) is 53.3 Å². The number of hydrogen-bond acceptors (Lipinski definition) is 4. The van der Waals surface area contributed by atoms with Gasteiger partial charge in [-0.1, -0.05) is 0 Å². The summed E-state index contributed by atoms with van der Waals surface area (Å²) in [6.07, 6.45) is 0.825. The Hall–Kier alpha value is -1.36. The Morgan fingerprint density at radius 2 is 1.86 bits per heavy atom. The van der Waals surface area contributed by atoms with Gasteiger partial charge in [0.2, 0.25) is 0 Å². The highest BCUT2D eigenvalue weighted by Crippen LogP contribution is 2.11. The molecule has 7 nitrogen and oxygen atoms in total. The van der Waals surface area contributed by atoms with E-state index in [1.807, 2.05) is 0 Å². The Balaban J connectivity index is 2.60. The van der Waals surface area contributed by atoms with E-state index < -0.39 is 27.9 Å². The van der Waals surface area contributed by atoms with E-state index in [1.54, 1.807) is 24.3 Å². The fourth-order valence-electron chi connectivity index (χ4n) is 1.45. The molecular weight excluding hydrogens is 411 g/mol. The van der Waals surface area contributed by atoms with Crippen LogP contribution in [0.3, 0.4) is 0 Å². The first-order valence-corrected chi connectivity index (χ1v) is 9.05. The van der Waals surface area contributed by atoms with E-state index >= 15 is 0 Å². The normalized spacial score (nSPS) is 12.5. The summed E-state index contributed by atoms with van der Waals surface area (Å²) in [5, 5.41) is 13.7. The molecule has 0 aliphatic heterocycles. The summed E-state index contributed by atoms with van der Waals surface area (Å²) in [6.45, 7) is 0. The maximum atomic E-state index is 11.7. The van der Waals surface area contributed by atoms with Crippen LogP contribution < -0.4 is 10.6 Å². The van der Waals surface area contributed by atoms with Crippen LogP contribution in [-0.2, 0) is 14.6 Å². The Morgan fingerprint density at radius 3 is 2.33 bits per heavy atom. The number of urea groups is 1. The zero-order chi connectivity index (χ0) is 16.0. The number of carbonyl (C=O) groups is 2. The third-order valence-electron chi connectivity index (χ3n) is 2.48. The van der Waals surface area contributed by atoms with Crippen molar-refractivity contribution in [1.82, 2.24) is 5.32 Å². The summed E-state index contributed by atoms with van der Waals surface area (Å²) in [5.74, 6) is -1.59. The lowest BCUT2D eigenvalue weighted by Crippen LogP contribution is -2.43. The van der Waals surface area contributed by atoms with Gasteiger partial charge in [0, 0.05) is 15.5 Å². The van der Waals surface area contributed by atoms with Gasteiger partial charge in [-0.15, -0.1) is 0 Å². The minimum atomic E-state index is -3.29. The van der Waals surface area contributed by atoms with Crippen LogP contribution in [0, 0.1) is 3.57 Å². The van der Waals surface area contributed by atoms with Crippen molar-refractivity contribution >= 4 is 50.1 Å². The number of carbonyl (C=O) groups excluding carboxylic acids is 1. The standard InChI is InChI=1S/C12H15IN2O5S/c1-21(19,20)7-6-10(11(16)17)15-12(18)14-9-4-2-8(13)3-5-9/h2-5,10H,6-7H2,1H3,(H,16,17)(H2,14,15,18). The molecule has 0 fully saturated rings. The average Bonchev–Trinajstić information content (AvgIpc) is 2.36. The van der Waals surface area contributed by atoms with Crippen LogP contribution >= 0.6 is 22.6 Å². The van der Waals surface area contributed by atoms with Gasteiger partial charge in [0.05, 0.1) is 5.75 Å². The van der Waals surface area contributed by atoms with Crippen LogP contribution in [0.1, 0.15) is 6.42 Å². The van der Waals surface area contributed by atoms with Crippen molar-refractivity contribution in [3.8, 4) is 0 Å². The molecular formula is C12H15IN2O5S. The van der Waals surface area contributed by atoms with E-state index in [-0.39, 0.29) is 12.2 Å². The van der Waals surface area contributed by atoms with E-state index in [2.05, 4.69) is 33.2 Å². The molecule has 1 aromatic rings. The second-order valence-electron chi connectivity index (χ2n) is 4.41. The van der Waals surface area contributed by atoms with E-state index in [0.29, 0.717) is 5.69 Å². The van der Waals surface area contributed by atoms with Crippen LogP contribution in [0.5, 0.6) is 0 Å². The molecule has 0 aliphatic rings. The molecule has 1 unspecified atom stereocenters. The summed E-state index contributed by atoms with van der Waals surface area (Å²) in [7, 11) is -3.29. The number of hydrogen-bond donors (Lipinski definition) is 3. The van der Waals surface area contributed by atoms with Crippen LogP contribution in [0.2, 0.25) is 0 Å². The summed E-state index contributed by atoms with van der Waals surface area (Å²) < 4.78 is 23.1. The first-order chi connectivity index (χ1) is 9.67. The number of anilines is 1. The van der Waals surface area contributed by atoms with Gasteiger partial charge >= 0.3 is 12.0 Å². The first-order valence-electron chi connectivity index (χ1n) is 5.91. The minimum Gasteiger partial charge on any atom is -0.480 e. The monoisotopic (exact) mass is 426 g/mol. The SMILES string of the molecule is CS(=O)(=O)CCC(NC(=O)Nc1ccc(I)cc1)C(=O)O. The highest BCUT2D eigenvalue weighted by atomic mass is 127. The van der Waals surface area contributed by atoms with Crippen LogP contribution in [0.4, 0.5) is 10.5 Å². The molecule has 0 aliphatic carbocycles. The maximum absolute atomic E-state index is 11.7. The predicted octanol–water partition coefficient (Wildman–Crippen LogP) is 1.30. The number of aliphatic carboxylic acids is 1. The van der Waals surface area contributed by atoms with Crippen LogP contribution in [0.25, 0.3) is 0 Å². The molecule has 21 heavy (non-hydrogen) atoms. The fourth-order valence-corrected chi connectivity index (χ4v) is 2.47. The van der Waals surface area contributed by atoms with Crippen molar-refractivity contribution < 1.29 is 23.1 Å². The van der Waals surface area contributed by atoms with E-state index in [0.717, 1.165) is 9.83 Å². The third-order valence-corrected chi connectivity index (χ3v) is 4.18. The molecule has 0 bridgehead atoms. The number of halogens is 1. The molecule has 0 spiro atoms. The van der Waals surface area contributed by atoms with Gasteiger partial charge in [0.15, 0.2) is 0 Å². The van der Waals surface area contributed by atoms with Crippen molar-refractivity contribution in [2.45, 2.75) is 12.5 Å². The first kappa shape index (κ1) is 17.7. The van der Waals surface area contributed by atoms with Gasteiger partial charge in [0.1, 0.15) is 15.9 Å². The predicted molar refractivity (Wildman–Crippen MR) is 87.1 cm³/mol. The Bertz CT molecular complexity index is 615. The minimum absolute atomic E-state index is 0.186. The smallest absolute Gasteiger partial charge is 0.326 e. The number of carboxylic acid groups (broad SMARTS) is 1. The van der Waals surface area contributed by atoms with Gasteiger partial charge in [-0.2, -0.15) is 0 Å². The molecule has 1 atom stereocenters. The molecule has 116 valence electrons. The zero-order valence-electron chi connectivity index (χ0n) is 11.2. The molecule has 9 heteroatoms. The molecule has 0 saturated carbocycles. The summed E-state index contributed by atoms with van der Waals surface area (Å²) in [4.78, 5) is 22.7. The lowest BCUT2D eigenvalue weighted by Gasteiger charge is -2.14. The highest BCUT2D eigenvalue weighted by Gasteiger charge is 2.21. The lowest BCUT2D eigenvalue weighted by atomic mass is 10.2. The van der Waals surface area contributed by atoms with Crippen molar-refractivity contribution in [3.05, 3.63) is 27.8 Å². The summed E-state index contributed by atoms with van der Waals surface area (Å²) in [6, 6.07) is 4.96. The Morgan fingerprint density at radius 1 is 1.29 bits per heavy atom. The fraction of sp³-hybridized carbons (Fsp3) is 0.333. The van der Waals surface area contributed by atoms with Crippen LogP contribution in [-0.4, -0.2) is 43.6 Å². The number of carboxylic acids is 1. The zero-order valence-corrected chi connectivity index (χ0v) is 14.1. The lowest BCUT2D eigenvalue weighted by molar-refractivity contribution is -0.139. The van der Waals surface area contributed by atoms with Crippen molar-refractivity contribution in [1.29, 1.82) is 0 Å². The largest absolute Gasteiger partial charge is 0.480 e. The number of nitrogens with one attached hydrogen (secondary N) is 2. The third kappa shape index (κ3) is 7.27. The van der Waals surface area contributed by atoms with E-state index in [4.69, 9.17) is 5.11 Å². The highest BCUT2D eigenvalue weighted by molar-refractivity contribution is 14.1. The van der Waals surface area contributed by atoms with Crippen molar-refractivity contribution in [2.24, 2.45) is 0 Å². The average molecular weight is 426 g/mol. The molecule has 0 aromatic heterocycles. The molecule has 0 saturated heterocycles. The van der Waals surface area contributed by atoms with Gasteiger partial charge in [0.25, 0.3) is 0 Å². The molecule has 3 N–H and O–H groups in total. The molecule has 0 heterocycles. The topological polar surface area (TPSA) is 113 Å². The Labute approximate surface area is 136 Å². The number of benzene rings is 1. The van der Waals surface area contributed by atoms with Crippen LogP contribution in [0.15, 0.2) is 24.3 Å². The molecule has 2 amide bonds. The number of rotatable bonds is 6. The van der Waals surface area contributed by atoms with Gasteiger partial charge in [-0.25, -0.2) is 18.0 Å². The second-order valence-corrected chi connectivity index (χ2v) is 7.92. The van der Waals surface area contributed by atoms with Crippen molar-refractivity contribution in [2.75, 3.05) is 17.3 Å². The molecule has 1 aromatic carbocycles. The quantitative estimate of drug-likeness (QED) is 0.594. The second kappa shape index (κ2) is 7.59. The maximum Gasteiger partial charge on any atom is 0.326 e. The molecule has 0 radical (unpaired) electrons. The molecule has 1 rings (SSSR count). The van der Waals surface area contributed by atoms with E-state index in [9.17, 15) is 18.0 Å². The number of amides is 2. The van der Waals surface area contributed by atoms with Crippen molar-refractivity contribution in [3.63, 3.8) is 0 Å². The van der Waals surface area contributed by atoms with Gasteiger partial charge < -0.3 is 15.7 Å². The number of sulfone groups is 1.